The first-order valence-electron chi connectivity index (χ1n) is 4.76. The third-order valence-electron chi connectivity index (χ3n) is 2.36. The molecule has 0 aliphatic rings. The molecule has 2 rings (SSSR count). The third-order valence-corrected chi connectivity index (χ3v) is 4.25. The minimum atomic E-state index is -1.02. The molecule has 1 heterocycles. The summed E-state index contributed by atoms with van der Waals surface area (Å²) < 4.78 is 1.62. The van der Waals surface area contributed by atoms with Crippen molar-refractivity contribution in [2.24, 2.45) is 0 Å². The van der Waals surface area contributed by atoms with Crippen molar-refractivity contribution in [3.05, 3.63) is 34.0 Å². The van der Waals surface area contributed by atoms with Gasteiger partial charge >= 0.3 is 5.97 Å². The number of carboxylic acids is 1. The molecule has 9 heteroatoms. The lowest BCUT2D eigenvalue weighted by Gasteiger charge is -2.02. The highest BCUT2D eigenvalue weighted by Gasteiger charge is 2.18. The molecule has 1 unspecified atom stereocenters. The molecule has 1 N–H and O–H groups in total. The summed E-state index contributed by atoms with van der Waals surface area (Å²) in [7, 11) is 0. The standard InChI is InChI=1S/C9H7IN3O4P/c10-18-12-7-1-5(3-9(14)15)2-8(13(16)17)6(7)4-11-12/h1-2,4,18H,3H2,(H,14,15). The predicted octanol–water partition coefficient (Wildman–Crippen LogP) is 2.36. The summed E-state index contributed by atoms with van der Waals surface area (Å²) in [5.74, 6) is -1.02. The first kappa shape index (κ1) is 13.2. The molecule has 0 aliphatic heterocycles. The van der Waals surface area contributed by atoms with Crippen LogP contribution in [0.2, 0.25) is 0 Å². The van der Waals surface area contributed by atoms with Gasteiger partial charge in [-0.3, -0.25) is 14.9 Å². The van der Waals surface area contributed by atoms with Crippen molar-refractivity contribution in [3.8, 4) is 0 Å². The molecular weight excluding hydrogens is 372 g/mol. The summed E-state index contributed by atoms with van der Waals surface area (Å²) >= 11 is 2.11. The summed E-state index contributed by atoms with van der Waals surface area (Å²) in [6.45, 7) is 0. The van der Waals surface area contributed by atoms with Crippen LogP contribution in [0.25, 0.3) is 10.9 Å². The lowest BCUT2D eigenvalue weighted by Crippen LogP contribution is -2.01. The quantitative estimate of drug-likeness (QED) is 0.381. The Hall–Kier alpha value is -1.28. The summed E-state index contributed by atoms with van der Waals surface area (Å²) in [5, 5.41) is 24.2. The molecule has 0 amide bonds. The lowest BCUT2D eigenvalue weighted by atomic mass is 10.1. The molecule has 1 aromatic carbocycles. The maximum Gasteiger partial charge on any atom is 0.307 e. The van der Waals surface area contributed by atoms with Crippen molar-refractivity contribution >= 4 is 51.0 Å². The van der Waals surface area contributed by atoms with Crippen LogP contribution in [0, 0.1) is 10.1 Å². The van der Waals surface area contributed by atoms with Gasteiger partial charge in [0.2, 0.25) is 0 Å². The Bertz CT molecular complexity index is 642. The second-order valence-electron chi connectivity index (χ2n) is 3.52. The van der Waals surface area contributed by atoms with Crippen LogP contribution in [0.3, 0.4) is 0 Å². The second-order valence-corrected chi connectivity index (χ2v) is 5.56. The van der Waals surface area contributed by atoms with Gasteiger partial charge in [-0.15, -0.1) is 0 Å². The topological polar surface area (TPSA) is 98.3 Å². The minimum Gasteiger partial charge on any atom is -0.481 e. The average Bonchev–Trinajstić information content (AvgIpc) is 2.69. The second kappa shape index (κ2) is 5.15. The Labute approximate surface area is 116 Å². The lowest BCUT2D eigenvalue weighted by molar-refractivity contribution is -0.383. The molecule has 18 heavy (non-hydrogen) atoms. The van der Waals surface area contributed by atoms with Gasteiger partial charge in [-0.1, -0.05) is 0 Å². The molecule has 0 aliphatic carbocycles. The Morgan fingerprint density at radius 1 is 1.61 bits per heavy atom. The van der Waals surface area contributed by atoms with Gasteiger partial charge in [-0.2, -0.15) is 5.10 Å². The maximum absolute atomic E-state index is 11.0. The predicted molar refractivity (Wildman–Crippen MR) is 75.5 cm³/mol. The van der Waals surface area contributed by atoms with E-state index in [1.807, 2.05) is 0 Å². The number of aliphatic carboxylic acids is 1. The zero-order valence-electron chi connectivity index (χ0n) is 8.83. The van der Waals surface area contributed by atoms with Crippen LogP contribution in [0.15, 0.2) is 18.3 Å². The number of carbonyl (C=O) groups is 1. The zero-order valence-corrected chi connectivity index (χ0v) is 12.0. The molecule has 7 nitrogen and oxygen atoms in total. The molecule has 1 aromatic heterocycles. The Morgan fingerprint density at radius 3 is 2.89 bits per heavy atom. The van der Waals surface area contributed by atoms with Crippen LogP contribution in [0.4, 0.5) is 5.69 Å². The van der Waals surface area contributed by atoms with Crippen LogP contribution in [0.1, 0.15) is 5.56 Å². The highest BCUT2D eigenvalue weighted by molar-refractivity contribution is 14.2. The van der Waals surface area contributed by atoms with E-state index in [-0.39, 0.29) is 12.1 Å². The van der Waals surface area contributed by atoms with Gasteiger partial charge in [-0.25, -0.2) is 4.45 Å². The number of nitro groups is 1. The number of halogens is 1. The van der Waals surface area contributed by atoms with Gasteiger partial charge < -0.3 is 5.11 Å². The van der Waals surface area contributed by atoms with E-state index in [2.05, 4.69) is 27.1 Å². The summed E-state index contributed by atoms with van der Waals surface area (Å²) in [5.41, 5.74) is 0.885. The molecule has 0 saturated heterocycles. The highest BCUT2D eigenvalue weighted by Crippen LogP contribution is 2.33. The third kappa shape index (κ3) is 2.44. The molecule has 0 radical (unpaired) electrons. The molecule has 94 valence electrons. The van der Waals surface area contributed by atoms with E-state index in [1.165, 1.54) is 12.3 Å². The number of nitro benzene ring substituents is 1. The first-order chi connectivity index (χ1) is 8.52. The number of fused-ring (bicyclic) bond motifs is 1. The normalized spacial score (nSPS) is 11.4. The van der Waals surface area contributed by atoms with Crippen molar-refractivity contribution in [2.75, 3.05) is 0 Å². The highest BCUT2D eigenvalue weighted by atomic mass is 127. The number of hydrogen-bond donors (Lipinski definition) is 1. The van der Waals surface area contributed by atoms with Gasteiger partial charge in [0, 0.05) is 6.07 Å². The molecule has 0 spiro atoms. The molecule has 0 fully saturated rings. The summed E-state index contributed by atoms with van der Waals surface area (Å²) in [6, 6.07) is 2.92. The van der Waals surface area contributed by atoms with Gasteiger partial charge in [-0.05, 0) is 33.7 Å². The first-order valence-corrected chi connectivity index (χ1v) is 8.82. The maximum atomic E-state index is 11.0. The van der Waals surface area contributed by atoms with Crippen molar-refractivity contribution in [1.82, 2.24) is 9.55 Å². The van der Waals surface area contributed by atoms with Gasteiger partial charge in [0.25, 0.3) is 5.69 Å². The van der Waals surface area contributed by atoms with Crippen LogP contribution < -0.4 is 0 Å². The molecule has 0 bridgehead atoms. The van der Waals surface area contributed by atoms with Gasteiger partial charge in [0.15, 0.2) is 0 Å². The largest absolute Gasteiger partial charge is 0.481 e. The fourth-order valence-electron chi connectivity index (χ4n) is 1.66. The Morgan fingerprint density at radius 2 is 2.33 bits per heavy atom. The van der Waals surface area contributed by atoms with Gasteiger partial charge in [0.05, 0.1) is 34.8 Å². The zero-order chi connectivity index (χ0) is 13.3. The van der Waals surface area contributed by atoms with Crippen LogP contribution in [-0.4, -0.2) is 25.6 Å². The average molecular weight is 379 g/mol. The van der Waals surface area contributed by atoms with Crippen molar-refractivity contribution in [3.63, 3.8) is 0 Å². The SMILES string of the molecule is O=C(O)Cc1cc([N+](=O)[O-])c2cnn(PI)c2c1. The van der Waals surface area contributed by atoms with E-state index < -0.39 is 10.9 Å². The number of hydrogen-bond acceptors (Lipinski definition) is 4. The fraction of sp³-hybridized carbons (Fsp3) is 0.111. The van der Waals surface area contributed by atoms with Gasteiger partial charge in [0.1, 0.15) is 0 Å². The van der Waals surface area contributed by atoms with Crippen molar-refractivity contribution in [2.45, 2.75) is 6.42 Å². The number of benzene rings is 1. The minimum absolute atomic E-state index is 0.107. The monoisotopic (exact) mass is 379 g/mol. The van der Waals surface area contributed by atoms with Crippen LogP contribution in [0.5, 0.6) is 0 Å². The smallest absolute Gasteiger partial charge is 0.307 e. The van der Waals surface area contributed by atoms with Crippen LogP contribution >= 0.6 is 28.4 Å². The van der Waals surface area contributed by atoms with Crippen LogP contribution in [-0.2, 0) is 11.2 Å². The number of non-ortho nitro benzene ring substituents is 1. The van der Waals surface area contributed by atoms with E-state index in [4.69, 9.17) is 5.11 Å². The van der Waals surface area contributed by atoms with E-state index in [0.717, 1.165) is 0 Å². The Kier molecular flexibility index (Phi) is 3.76. The van der Waals surface area contributed by atoms with E-state index >= 15 is 0 Å². The summed E-state index contributed by atoms with van der Waals surface area (Å²) in [4.78, 5) is 21.1. The molecule has 2 aromatic rings. The van der Waals surface area contributed by atoms with E-state index in [1.54, 1.807) is 10.5 Å². The summed E-state index contributed by atoms with van der Waals surface area (Å²) in [6.07, 6.45) is 1.49. The fourth-order valence-corrected chi connectivity index (χ4v) is 3.19. The molecule has 0 saturated carbocycles. The number of aromatic nitrogens is 2. The Balaban J connectivity index is 2.68. The van der Waals surface area contributed by atoms with Crippen molar-refractivity contribution < 1.29 is 14.8 Å². The molecule has 1 atom stereocenters. The van der Waals surface area contributed by atoms with E-state index in [0.29, 0.717) is 22.8 Å². The number of rotatable bonds is 4. The number of carboxylic acid groups (broad SMARTS) is 1. The van der Waals surface area contributed by atoms with E-state index in [9.17, 15) is 14.9 Å². The van der Waals surface area contributed by atoms with Crippen molar-refractivity contribution in [1.29, 1.82) is 0 Å². The number of nitrogens with zero attached hydrogens (tertiary/aromatic N) is 3. The molecular formula is C9H7IN3O4P.